The Kier molecular flexibility index (Phi) is 4.10. The second-order valence-electron chi connectivity index (χ2n) is 3.01. The zero-order valence-corrected chi connectivity index (χ0v) is 8.98. The summed E-state index contributed by atoms with van der Waals surface area (Å²) in [6, 6.07) is 2.60. The zero-order valence-electron chi connectivity index (χ0n) is 8.98. The third-order valence-electron chi connectivity index (χ3n) is 2.04. The van der Waals surface area contributed by atoms with Gasteiger partial charge in [-0.25, -0.2) is 4.79 Å². The van der Waals surface area contributed by atoms with Gasteiger partial charge < -0.3 is 19.8 Å². The van der Waals surface area contributed by atoms with E-state index in [1.54, 1.807) is 0 Å². The summed E-state index contributed by atoms with van der Waals surface area (Å²) in [5, 5.41) is 18.5. The number of carboxylic acids is 1. The van der Waals surface area contributed by atoms with E-state index in [2.05, 4.69) is 10.3 Å². The number of benzene rings is 1. The fourth-order valence-electron chi connectivity index (χ4n) is 1.24. The van der Waals surface area contributed by atoms with Crippen LogP contribution in [0.25, 0.3) is 0 Å². The topological polar surface area (TPSA) is 88.0 Å². The molecule has 88 valence electrons. The van der Waals surface area contributed by atoms with Crippen LogP contribution in [0.4, 0.5) is 0 Å². The van der Waals surface area contributed by atoms with Gasteiger partial charge in [0.1, 0.15) is 17.1 Å². The largest absolute Gasteiger partial charge is 0.507 e. The molecule has 0 aromatic heterocycles. The van der Waals surface area contributed by atoms with E-state index in [1.165, 1.54) is 26.4 Å². The van der Waals surface area contributed by atoms with E-state index in [-0.39, 0.29) is 23.6 Å². The lowest BCUT2D eigenvalue weighted by molar-refractivity contribution is 0.0692. The van der Waals surface area contributed by atoms with Gasteiger partial charge in [-0.3, -0.25) is 0 Å². The maximum absolute atomic E-state index is 10.9. The summed E-state index contributed by atoms with van der Waals surface area (Å²) in [4.78, 5) is 15.5. The molecule has 0 spiro atoms. The fourth-order valence-corrected chi connectivity index (χ4v) is 1.24. The molecule has 6 nitrogen and oxygen atoms in total. The van der Waals surface area contributed by atoms with Gasteiger partial charge in [-0.2, -0.15) is 5.48 Å². The molecule has 1 aromatic carbocycles. The van der Waals surface area contributed by atoms with Crippen molar-refractivity contribution in [3.05, 3.63) is 23.3 Å². The first-order valence-electron chi connectivity index (χ1n) is 4.49. The number of phenolic OH excluding ortho intramolecular Hbond substituents is 1. The number of methoxy groups -OCH3 is 1. The fraction of sp³-hybridized carbons (Fsp3) is 0.300. The van der Waals surface area contributed by atoms with E-state index in [9.17, 15) is 9.90 Å². The van der Waals surface area contributed by atoms with Crippen molar-refractivity contribution in [2.24, 2.45) is 0 Å². The summed E-state index contributed by atoms with van der Waals surface area (Å²) in [5.41, 5.74) is 2.93. The third kappa shape index (κ3) is 2.62. The van der Waals surface area contributed by atoms with Crippen molar-refractivity contribution < 1.29 is 24.6 Å². The van der Waals surface area contributed by atoms with Crippen molar-refractivity contribution >= 4 is 5.97 Å². The van der Waals surface area contributed by atoms with E-state index in [1.807, 2.05) is 0 Å². The molecule has 0 saturated carbocycles. The predicted octanol–water partition coefficient (Wildman–Crippen LogP) is 0.750. The van der Waals surface area contributed by atoms with Crippen LogP contribution < -0.4 is 10.2 Å². The van der Waals surface area contributed by atoms with Gasteiger partial charge >= 0.3 is 5.97 Å². The van der Waals surface area contributed by atoms with Gasteiger partial charge in [0.25, 0.3) is 0 Å². The van der Waals surface area contributed by atoms with Crippen LogP contribution in [0.1, 0.15) is 15.9 Å². The second kappa shape index (κ2) is 5.34. The van der Waals surface area contributed by atoms with Gasteiger partial charge in [-0.15, -0.1) is 0 Å². The van der Waals surface area contributed by atoms with Crippen molar-refractivity contribution in [3.63, 3.8) is 0 Å². The summed E-state index contributed by atoms with van der Waals surface area (Å²) in [6.45, 7) is 0.201. The highest BCUT2D eigenvalue weighted by Crippen LogP contribution is 2.28. The average molecular weight is 227 g/mol. The molecule has 1 aromatic rings. The molecule has 0 unspecified atom stereocenters. The zero-order chi connectivity index (χ0) is 12.1. The number of phenols is 1. The molecule has 0 aliphatic rings. The van der Waals surface area contributed by atoms with Crippen LogP contribution in [0.2, 0.25) is 0 Å². The van der Waals surface area contributed by atoms with Crippen LogP contribution in [-0.4, -0.2) is 30.4 Å². The lowest BCUT2D eigenvalue weighted by Gasteiger charge is -2.10. The summed E-state index contributed by atoms with van der Waals surface area (Å²) < 4.78 is 4.85. The van der Waals surface area contributed by atoms with Gasteiger partial charge in [0.2, 0.25) is 0 Å². The van der Waals surface area contributed by atoms with Crippen molar-refractivity contribution in [2.75, 3.05) is 14.2 Å². The Morgan fingerprint density at radius 2 is 2.12 bits per heavy atom. The molecular formula is C10H13NO5. The first-order chi connectivity index (χ1) is 7.60. The Hall–Kier alpha value is -1.79. The summed E-state index contributed by atoms with van der Waals surface area (Å²) in [7, 11) is 2.77. The highest BCUT2D eigenvalue weighted by Gasteiger charge is 2.15. The lowest BCUT2D eigenvalue weighted by Crippen LogP contribution is -2.12. The molecule has 0 saturated heterocycles. The van der Waals surface area contributed by atoms with Crippen molar-refractivity contribution in [1.29, 1.82) is 0 Å². The minimum Gasteiger partial charge on any atom is -0.507 e. The lowest BCUT2D eigenvalue weighted by atomic mass is 10.1. The van der Waals surface area contributed by atoms with Crippen LogP contribution in [0.15, 0.2) is 12.1 Å². The number of hydrogen-bond donors (Lipinski definition) is 3. The average Bonchev–Trinajstić information content (AvgIpc) is 2.26. The Labute approximate surface area is 92.4 Å². The summed E-state index contributed by atoms with van der Waals surface area (Å²) in [6.07, 6.45) is 0. The van der Waals surface area contributed by atoms with Gasteiger partial charge in [-0.1, -0.05) is 0 Å². The molecule has 0 amide bonds. The quantitative estimate of drug-likeness (QED) is 0.643. The summed E-state index contributed by atoms with van der Waals surface area (Å²) in [5.74, 6) is -1.05. The minimum atomic E-state index is -1.12. The number of ether oxygens (including phenoxy) is 1. The second-order valence-corrected chi connectivity index (χ2v) is 3.01. The molecule has 0 fully saturated rings. The van der Waals surface area contributed by atoms with E-state index in [0.717, 1.165) is 0 Å². The predicted molar refractivity (Wildman–Crippen MR) is 55.5 cm³/mol. The van der Waals surface area contributed by atoms with Gasteiger partial charge in [0.15, 0.2) is 0 Å². The Balaban J connectivity index is 3.11. The molecule has 0 heterocycles. The van der Waals surface area contributed by atoms with Gasteiger partial charge in [0, 0.05) is 18.2 Å². The number of rotatable bonds is 5. The number of aromatic carboxylic acids is 1. The van der Waals surface area contributed by atoms with E-state index in [4.69, 9.17) is 9.84 Å². The number of carbonyl (C=O) groups is 1. The van der Waals surface area contributed by atoms with Crippen molar-refractivity contribution in [2.45, 2.75) is 6.54 Å². The summed E-state index contributed by atoms with van der Waals surface area (Å²) >= 11 is 0. The van der Waals surface area contributed by atoms with Crippen LogP contribution in [-0.2, 0) is 11.4 Å². The smallest absolute Gasteiger partial charge is 0.339 e. The number of hydroxylamine groups is 1. The van der Waals surface area contributed by atoms with Crippen LogP contribution in [0.5, 0.6) is 11.5 Å². The van der Waals surface area contributed by atoms with Gasteiger partial charge in [-0.05, 0) is 6.07 Å². The monoisotopic (exact) mass is 227 g/mol. The first kappa shape index (κ1) is 12.3. The van der Waals surface area contributed by atoms with Crippen LogP contribution >= 0.6 is 0 Å². The molecule has 0 aliphatic carbocycles. The number of carboxylic acid groups (broad SMARTS) is 1. The first-order valence-corrected chi connectivity index (χ1v) is 4.49. The number of nitrogens with one attached hydrogen (secondary N) is 1. The maximum atomic E-state index is 10.9. The third-order valence-corrected chi connectivity index (χ3v) is 2.04. The molecule has 0 bridgehead atoms. The van der Waals surface area contributed by atoms with E-state index in [0.29, 0.717) is 5.56 Å². The highest BCUT2D eigenvalue weighted by atomic mass is 16.6. The molecule has 0 aliphatic heterocycles. The molecule has 16 heavy (non-hydrogen) atoms. The molecule has 0 atom stereocenters. The molecule has 6 heteroatoms. The van der Waals surface area contributed by atoms with E-state index >= 15 is 0 Å². The normalized spacial score (nSPS) is 10.1. The van der Waals surface area contributed by atoms with E-state index < -0.39 is 5.97 Å². The van der Waals surface area contributed by atoms with Crippen LogP contribution in [0, 0.1) is 0 Å². The minimum absolute atomic E-state index is 0.00629. The molecule has 1 rings (SSSR count). The van der Waals surface area contributed by atoms with Crippen molar-refractivity contribution in [3.8, 4) is 11.5 Å². The molecule has 0 radical (unpaired) electrons. The van der Waals surface area contributed by atoms with Gasteiger partial charge in [0.05, 0.1) is 14.2 Å². The Morgan fingerprint density at radius 1 is 1.44 bits per heavy atom. The standard InChI is InChI=1S/C10H13NO5/c1-15-9-4-8(12)6(5-11-16-2)3-7(9)10(13)14/h3-4,11-12H,5H2,1-2H3,(H,13,14). The molecular weight excluding hydrogens is 214 g/mol. The Bertz CT molecular complexity index is 391. The number of aromatic hydroxyl groups is 1. The Morgan fingerprint density at radius 3 is 2.62 bits per heavy atom. The highest BCUT2D eigenvalue weighted by molar-refractivity contribution is 5.91. The van der Waals surface area contributed by atoms with Crippen molar-refractivity contribution in [1.82, 2.24) is 5.48 Å². The maximum Gasteiger partial charge on any atom is 0.339 e. The SMILES string of the molecule is CONCc1cc(C(=O)O)c(OC)cc1O. The molecule has 3 N–H and O–H groups in total. The number of hydrogen-bond acceptors (Lipinski definition) is 5. The van der Waals surface area contributed by atoms with Crippen LogP contribution in [0.3, 0.4) is 0 Å².